The topological polar surface area (TPSA) is 135 Å². The molecule has 16 heteroatoms. The van der Waals surface area contributed by atoms with Gasteiger partial charge in [0, 0.05) is 20.3 Å². The fourth-order valence-corrected chi connectivity index (χ4v) is 6.06. The van der Waals surface area contributed by atoms with Gasteiger partial charge in [0.2, 0.25) is 10.6 Å². The number of H-pyrrole nitrogens is 1. The molecule has 4 aromatic rings. The first kappa shape index (κ1) is 27.2. The second kappa shape index (κ2) is 11.4. The van der Waals surface area contributed by atoms with Crippen molar-refractivity contribution in [2.24, 2.45) is 7.05 Å². The van der Waals surface area contributed by atoms with Crippen molar-refractivity contribution in [3.8, 4) is 0 Å². The number of hydrogen-bond acceptors (Lipinski definition) is 8. The van der Waals surface area contributed by atoms with E-state index in [9.17, 15) is 9.59 Å². The van der Waals surface area contributed by atoms with Crippen LogP contribution in [0.5, 0.6) is 0 Å². The van der Waals surface area contributed by atoms with Crippen molar-refractivity contribution in [3.05, 3.63) is 38.7 Å². The highest BCUT2D eigenvalue weighted by Gasteiger charge is 2.25. The Bertz CT molecular complexity index is 1570. The third-order valence-electron chi connectivity index (χ3n) is 6.18. The molecule has 198 valence electrons. The van der Waals surface area contributed by atoms with Crippen LogP contribution in [0.2, 0.25) is 10.6 Å². The zero-order valence-electron chi connectivity index (χ0n) is 19.6. The van der Waals surface area contributed by atoms with Crippen LogP contribution in [0.15, 0.2) is 9.59 Å². The van der Waals surface area contributed by atoms with Crippen molar-refractivity contribution >= 4 is 90.5 Å². The molecule has 6 rings (SSSR count). The number of ether oxygens (including phenoxy) is 2. The Morgan fingerprint density at radius 2 is 1.41 bits per heavy atom. The Balaban J connectivity index is 0.000000152. The fraction of sp³-hybridized carbons (Fsp3) is 0.524. The molecule has 2 aliphatic rings. The summed E-state index contributed by atoms with van der Waals surface area (Å²) in [6.45, 7) is 1.42. The van der Waals surface area contributed by atoms with Gasteiger partial charge in [-0.3, -0.25) is 19.1 Å². The van der Waals surface area contributed by atoms with Gasteiger partial charge in [0.1, 0.15) is 18.2 Å². The van der Waals surface area contributed by atoms with E-state index in [1.165, 1.54) is 4.57 Å². The molecule has 0 saturated carbocycles. The molecule has 2 fully saturated rings. The summed E-state index contributed by atoms with van der Waals surface area (Å²) >= 11 is 15.8. The summed E-state index contributed by atoms with van der Waals surface area (Å²) in [5.74, 6) is 0. The largest absolute Gasteiger partial charge is 0.356 e. The number of halogens is 4. The van der Waals surface area contributed by atoms with Gasteiger partial charge in [0.25, 0.3) is 11.1 Å². The first-order valence-corrected chi connectivity index (χ1v) is 14.5. The van der Waals surface area contributed by atoms with Gasteiger partial charge in [-0.05, 0) is 107 Å². The minimum atomic E-state index is -0.267. The van der Waals surface area contributed by atoms with Crippen LogP contribution in [0, 0.1) is 7.40 Å². The van der Waals surface area contributed by atoms with E-state index in [4.69, 9.17) is 32.7 Å². The van der Waals surface area contributed by atoms with Crippen molar-refractivity contribution in [1.82, 2.24) is 39.1 Å². The Morgan fingerprint density at radius 1 is 0.865 bits per heavy atom. The van der Waals surface area contributed by atoms with Crippen LogP contribution in [0.4, 0.5) is 0 Å². The molecule has 0 aliphatic carbocycles. The summed E-state index contributed by atoms with van der Waals surface area (Å²) in [6, 6.07) is 0. The summed E-state index contributed by atoms with van der Waals surface area (Å²) in [7, 11) is 1.60. The third-order valence-corrected chi connectivity index (χ3v) is 8.21. The first-order valence-electron chi connectivity index (χ1n) is 11.6. The van der Waals surface area contributed by atoms with Crippen LogP contribution < -0.4 is 11.1 Å². The van der Waals surface area contributed by atoms with Crippen molar-refractivity contribution in [1.29, 1.82) is 0 Å². The zero-order valence-corrected chi connectivity index (χ0v) is 25.4. The van der Waals surface area contributed by atoms with Gasteiger partial charge in [-0.15, -0.1) is 0 Å². The molecule has 2 saturated heterocycles. The van der Waals surface area contributed by atoms with Crippen LogP contribution in [-0.2, 0) is 16.5 Å². The van der Waals surface area contributed by atoms with Crippen LogP contribution in [0.3, 0.4) is 0 Å². The van der Waals surface area contributed by atoms with Crippen molar-refractivity contribution < 1.29 is 9.47 Å². The minimum Gasteiger partial charge on any atom is -0.356 e. The lowest BCUT2D eigenvalue weighted by Crippen LogP contribution is -2.22. The second-order valence-electron chi connectivity index (χ2n) is 8.61. The Labute approximate surface area is 247 Å². The molecular formula is C21H22Cl2I2N8O4. The van der Waals surface area contributed by atoms with Gasteiger partial charge in [0.15, 0.2) is 23.8 Å². The lowest BCUT2D eigenvalue weighted by atomic mass is 10.2. The summed E-state index contributed by atoms with van der Waals surface area (Å²) in [5, 5.41) is 9.95. The first-order chi connectivity index (χ1) is 17.8. The normalized spacial score (nSPS) is 20.2. The smallest absolute Gasteiger partial charge is 0.266 e. The lowest BCUT2D eigenvalue weighted by molar-refractivity contribution is -0.0373. The Kier molecular flexibility index (Phi) is 8.40. The molecular weight excluding hydrogens is 753 g/mol. The van der Waals surface area contributed by atoms with Crippen molar-refractivity contribution in [2.45, 2.75) is 51.0 Å². The van der Waals surface area contributed by atoms with Crippen LogP contribution >= 0.6 is 68.4 Å². The minimum absolute atomic E-state index is 0.0702. The molecule has 0 amide bonds. The van der Waals surface area contributed by atoms with Crippen molar-refractivity contribution in [2.75, 3.05) is 13.2 Å². The molecule has 37 heavy (non-hydrogen) atoms. The van der Waals surface area contributed by atoms with E-state index >= 15 is 0 Å². The molecule has 2 unspecified atom stereocenters. The van der Waals surface area contributed by atoms with Crippen LogP contribution in [0.1, 0.15) is 51.0 Å². The van der Waals surface area contributed by atoms with E-state index in [-0.39, 0.29) is 34.1 Å². The summed E-state index contributed by atoms with van der Waals surface area (Å²) in [6.07, 6.45) is 5.72. The number of nitrogens with one attached hydrogen (secondary N) is 1. The zero-order chi connectivity index (χ0) is 26.3. The number of fused-ring (bicyclic) bond motifs is 2. The average molecular weight is 775 g/mol. The number of hydrogen-bond donors (Lipinski definition) is 1. The number of aromatic amines is 1. The molecule has 12 nitrogen and oxygen atoms in total. The Hall–Kier alpha value is -1.34. The van der Waals surface area contributed by atoms with E-state index < -0.39 is 0 Å². The fourth-order valence-electron chi connectivity index (χ4n) is 4.32. The SMILES string of the molecule is Cn1c(Cl)nc2c(c(I)nn2C2CCCCO2)c1=O.O=c1[nH]c(Cl)nc2c1c(I)nn2C1CCCCO1. The molecule has 0 aromatic carbocycles. The van der Waals surface area contributed by atoms with E-state index in [0.29, 0.717) is 42.7 Å². The van der Waals surface area contributed by atoms with Crippen LogP contribution in [-0.4, -0.2) is 52.3 Å². The third kappa shape index (κ3) is 5.41. The average Bonchev–Trinajstić information content (AvgIpc) is 3.40. The quantitative estimate of drug-likeness (QED) is 0.237. The maximum atomic E-state index is 12.2. The molecule has 2 atom stereocenters. The standard InChI is InChI=1S/C11H12ClIN4O2.C10H10ClIN4O2/c1-16-10(18)7-8(13)15-17(9(7)14-11(16)12)6-4-2-3-5-19-6;11-10-13-8-6(9(17)14-10)7(12)15-16(8)5-3-1-2-4-18-5/h6H,2-5H2,1H3;5H,1-4H2,(H,13,14,17). The molecule has 0 radical (unpaired) electrons. The van der Waals surface area contributed by atoms with Gasteiger partial charge < -0.3 is 9.47 Å². The predicted molar refractivity (Wildman–Crippen MR) is 154 cm³/mol. The highest BCUT2D eigenvalue weighted by Crippen LogP contribution is 2.28. The predicted octanol–water partition coefficient (Wildman–Crippen LogP) is 4.16. The maximum absolute atomic E-state index is 12.2. The second-order valence-corrected chi connectivity index (χ2v) is 11.4. The maximum Gasteiger partial charge on any atom is 0.266 e. The van der Waals surface area contributed by atoms with Gasteiger partial charge in [0.05, 0.1) is 0 Å². The number of aromatic nitrogens is 8. The Morgan fingerprint density at radius 3 is 1.95 bits per heavy atom. The molecule has 6 heterocycles. The van der Waals surface area contributed by atoms with Gasteiger partial charge in [-0.2, -0.15) is 20.2 Å². The van der Waals surface area contributed by atoms with E-state index in [2.05, 4.69) is 25.1 Å². The van der Waals surface area contributed by atoms with E-state index in [0.717, 1.165) is 38.5 Å². The summed E-state index contributed by atoms with van der Waals surface area (Å²) in [4.78, 5) is 34.9. The molecule has 0 spiro atoms. The molecule has 1 N–H and O–H groups in total. The van der Waals surface area contributed by atoms with Crippen LogP contribution in [0.25, 0.3) is 22.1 Å². The molecule has 0 bridgehead atoms. The highest BCUT2D eigenvalue weighted by molar-refractivity contribution is 14.1. The van der Waals surface area contributed by atoms with Gasteiger partial charge >= 0.3 is 0 Å². The van der Waals surface area contributed by atoms with E-state index in [1.807, 2.05) is 45.2 Å². The highest BCUT2D eigenvalue weighted by atomic mass is 127. The molecule has 4 aromatic heterocycles. The monoisotopic (exact) mass is 774 g/mol. The molecule has 2 aliphatic heterocycles. The van der Waals surface area contributed by atoms with Crippen molar-refractivity contribution in [3.63, 3.8) is 0 Å². The lowest BCUT2D eigenvalue weighted by Gasteiger charge is -2.22. The van der Waals surface area contributed by atoms with E-state index in [1.54, 1.807) is 16.4 Å². The summed E-state index contributed by atoms with van der Waals surface area (Å²) < 4.78 is 17.3. The van der Waals surface area contributed by atoms with Gasteiger partial charge in [-0.25, -0.2) is 9.36 Å². The van der Waals surface area contributed by atoms with Gasteiger partial charge in [-0.1, -0.05) is 0 Å². The summed E-state index contributed by atoms with van der Waals surface area (Å²) in [5.41, 5.74) is 0.544. The number of rotatable bonds is 2. The number of nitrogens with zero attached hydrogens (tertiary/aromatic N) is 7.